The zero-order valence-electron chi connectivity index (χ0n) is 11.1. The number of hydrogen-bond acceptors (Lipinski definition) is 3. The lowest BCUT2D eigenvalue weighted by Gasteiger charge is -2.37. The summed E-state index contributed by atoms with van der Waals surface area (Å²) in [5.74, 6) is 0.287. The topological polar surface area (TPSA) is 49.6 Å². The molecule has 2 heterocycles. The van der Waals surface area contributed by atoms with Gasteiger partial charge >= 0.3 is 0 Å². The molecule has 2 rings (SSSR count). The third kappa shape index (κ3) is 3.42. The van der Waals surface area contributed by atoms with Gasteiger partial charge in [-0.15, -0.1) is 0 Å². The van der Waals surface area contributed by atoms with E-state index in [1.807, 2.05) is 18.7 Å². The average Bonchev–Trinajstić information content (AvgIpc) is 2.71. The Morgan fingerprint density at radius 2 is 2.12 bits per heavy atom. The maximum atomic E-state index is 12.1. The van der Waals surface area contributed by atoms with Crippen molar-refractivity contribution in [1.29, 1.82) is 0 Å². The van der Waals surface area contributed by atoms with Crippen molar-refractivity contribution in [2.45, 2.75) is 51.1 Å². The Morgan fingerprint density at radius 3 is 2.82 bits per heavy atom. The number of hydrogen-bond donors (Lipinski definition) is 1. The van der Waals surface area contributed by atoms with Gasteiger partial charge in [0.25, 0.3) is 0 Å². The van der Waals surface area contributed by atoms with Crippen LogP contribution in [-0.4, -0.2) is 53.5 Å². The predicted molar refractivity (Wildman–Crippen MR) is 68.7 cm³/mol. The number of fused-ring (bicyclic) bond motifs is 1. The average molecular weight is 239 g/mol. The summed E-state index contributed by atoms with van der Waals surface area (Å²) >= 11 is 0. The van der Waals surface area contributed by atoms with Crippen molar-refractivity contribution in [2.24, 2.45) is 5.73 Å². The molecule has 2 aliphatic rings. The Morgan fingerprint density at radius 1 is 1.35 bits per heavy atom. The fraction of sp³-hybridized carbons (Fsp3) is 0.923. The summed E-state index contributed by atoms with van der Waals surface area (Å²) in [5, 5.41) is 0. The van der Waals surface area contributed by atoms with Crippen LogP contribution in [0.4, 0.5) is 0 Å². The molecule has 4 nitrogen and oxygen atoms in total. The smallest absolute Gasteiger partial charge is 0.222 e. The van der Waals surface area contributed by atoms with Gasteiger partial charge in [0.2, 0.25) is 5.91 Å². The zero-order valence-corrected chi connectivity index (χ0v) is 11.1. The van der Waals surface area contributed by atoms with Gasteiger partial charge in [-0.25, -0.2) is 0 Å². The van der Waals surface area contributed by atoms with Gasteiger partial charge in [0, 0.05) is 37.6 Å². The molecule has 2 aliphatic heterocycles. The molecule has 98 valence electrons. The van der Waals surface area contributed by atoms with Crippen LogP contribution >= 0.6 is 0 Å². The Labute approximate surface area is 104 Å². The lowest BCUT2D eigenvalue weighted by molar-refractivity contribution is -0.134. The highest BCUT2D eigenvalue weighted by Gasteiger charge is 2.32. The van der Waals surface area contributed by atoms with E-state index in [4.69, 9.17) is 5.73 Å². The third-order valence-electron chi connectivity index (χ3n) is 3.92. The highest BCUT2D eigenvalue weighted by atomic mass is 16.2. The van der Waals surface area contributed by atoms with E-state index in [0.29, 0.717) is 12.5 Å². The van der Waals surface area contributed by atoms with Gasteiger partial charge in [-0.2, -0.15) is 0 Å². The number of carbonyl (C=O) groups excluding carboxylic acids is 1. The monoisotopic (exact) mass is 239 g/mol. The van der Waals surface area contributed by atoms with Crippen molar-refractivity contribution in [2.75, 3.05) is 26.2 Å². The van der Waals surface area contributed by atoms with Crippen LogP contribution in [0.15, 0.2) is 0 Å². The largest absolute Gasteiger partial charge is 0.340 e. The first-order chi connectivity index (χ1) is 7.96. The highest BCUT2D eigenvalue weighted by Crippen LogP contribution is 2.22. The lowest BCUT2D eigenvalue weighted by atomic mass is 9.99. The minimum absolute atomic E-state index is 0.231. The maximum absolute atomic E-state index is 12.1. The molecule has 0 radical (unpaired) electrons. The van der Waals surface area contributed by atoms with E-state index < -0.39 is 0 Å². The molecule has 0 aromatic heterocycles. The van der Waals surface area contributed by atoms with Gasteiger partial charge in [-0.3, -0.25) is 9.69 Å². The number of amides is 1. The molecule has 0 aromatic carbocycles. The second-order valence-corrected chi connectivity index (χ2v) is 6.16. The molecular weight excluding hydrogens is 214 g/mol. The van der Waals surface area contributed by atoms with E-state index in [2.05, 4.69) is 4.90 Å². The van der Waals surface area contributed by atoms with E-state index >= 15 is 0 Å². The molecule has 2 fully saturated rings. The number of carbonyl (C=O) groups is 1. The molecular formula is C13H25N3O. The number of piperazine rings is 1. The molecule has 0 spiro atoms. The fourth-order valence-electron chi connectivity index (χ4n) is 2.80. The van der Waals surface area contributed by atoms with Gasteiger partial charge in [0.1, 0.15) is 0 Å². The Hall–Kier alpha value is -0.610. The summed E-state index contributed by atoms with van der Waals surface area (Å²) < 4.78 is 0. The van der Waals surface area contributed by atoms with Crippen LogP contribution in [0.3, 0.4) is 0 Å². The highest BCUT2D eigenvalue weighted by molar-refractivity contribution is 5.76. The molecule has 4 heteroatoms. The van der Waals surface area contributed by atoms with Crippen LogP contribution in [0.5, 0.6) is 0 Å². The summed E-state index contributed by atoms with van der Waals surface area (Å²) in [6.45, 7) is 8.08. The fourth-order valence-corrected chi connectivity index (χ4v) is 2.80. The molecule has 1 atom stereocenters. The number of nitrogens with zero attached hydrogens (tertiary/aromatic N) is 2. The zero-order chi connectivity index (χ0) is 12.5. The standard InChI is InChI=1S/C13H25N3O/c1-13(2,14)6-5-12(17)16-9-8-15-7-3-4-11(15)10-16/h11H,3-10,14H2,1-2H3. The number of nitrogens with two attached hydrogens (primary N) is 1. The molecule has 2 N–H and O–H groups in total. The van der Waals surface area contributed by atoms with Crippen LogP contribution in [0, 0.1) is 0 Å². The Bertz CT molecular complexity index is 285. The first kappa shape index (κ1) is 12.8. The first-order valence-corrected chi connectivity index (χ1v) is 6.76. The summed E-state index contributed by atoms with van der Waals surface area (Å²) in [7, 11) is 0. The molecule has 0 aromatic rings. The van der Waals surface area contributed by atoms with Gasteiger partial charge in [0.15, 0.2) is 0 Å². The maximum Gasteiger partial charge on any atom is 0.222 e. The van der Waals surface area contributed by atoms with Gasteiger partial charge in [0.05, 0.1) is 0 Å². The summed E-state index contributed by atoms with van der Waals surface area (Å²) in [4.78, 5) is 16.6. The first-order valence-electron chi connectivity index (χ1n) is 6.76. The normalized spacial score (nSPS) is 26.1. The van der Waals surface area contributed by atoms with Crippen molar-refractivity contribution in [3.05, 3.63) is 0 Å². The quantitative estimate of drug-likeness (QED) is 0.793. The second-order valence-electron chi connectivity index (χ2n) is 6.16. The van der Waals surface area contributed by atoms with Crippen LogP contribution < -0.4 is 5.73 Å². The lowest BCUT2D eigenvalue weighted by Crippen LogP contribution is -2.52. The van der Waals surface area contributed by atoms with Crippen molar-refractivity contribution in [1.82, 2.24) is 9.80 Å². The molecule has 2 saturated heterocycles. The van der Waals surface area contributed by atoms with Gasteiger partial charge < -0.3 is 10.6 Å². The summed E-state index contributed by atoms with van der Waals surface area (Å²) in [6.07, 6.45) is 3.92. The van der Waals surface area contributed by atoms with E-state index in [1.165, 1.54) is 19.4 Å². The SMILES string of the molecule is CC(C)(N)CCC(=O)N1CCN2CCCC2C1. The predicted octanol–water partition coefficient (Wildman–Crippen LogP) is 0.811. The Kier molecular flexibility index (Phi) is 3.73. The van der Waals surface area contributed by atoms with Gasteiger partial charge in [-0.05, 0) is 39.7 Å². The van der Waals surface area contributed by atoms with Crippen LogP contribution in [0.1, 0.15) is 39.5 Å². The van der Waals surface area contributed by atoms with Crippen LogP contribution in [0.25, 0.3) is 0 Å². The van der Waals surface area contributed by atoms with E-state index in [0.717, 1.165) is 26.1 Å². The number of rotatable bonds is 3. The van der Waals surface area contributed by atoms with Crippen LogP contribution in [0.2, 0.25) is 0 Å². The third-order valence-corrected chi connectivity index (χ3v) is 3.92. The van der Waals surface area contributed by atoms with Crippen molar-refractivity contribution in [3.8, 4) is 0 Å². The minimum Gasteiger partial charge on any atom is -0.340 e. The Balaban J connectivity index is 1.80. The van der Waals surface area contributed by atoms with Gasteiger partial charge in [-0.1, -0.05) is 0 Å². The minimum atomic E-state index is -0.231. The molecule has 0 saturated carbocycles. The van der Waals surface area contributed by atoms with Crippen molar-refractivity contribution < 1.29 is 4.79 Å². The molecule has 17 heavy (non-hydrogen) atoms. The van der Waals surface area contributed by atoms with Crippen LogP contribution in [-0.2, 0) is 4.79 Å². The second kappa shape index (κ2) is 4.94. The summed E-state index contributed by atoms with van der Waals surface area (Å²) in [5.41, 5.74) is 5.69. The van der Waals surface area contributed by atoms with Crippen molar-refractivity contribution >= 4 is 5.91 Å². The molecule has 0 bridgehead atoms. The van der Waals surface area contributed by atoms with E-state index in [-0.39, 0.29) is 11.4 Å². The summed E-state index contributed by atoms with van der Waals surface area (Å²) in [6, 6.07) is 0.624. The molecule has 0 aliphatic carbocycles. The van der Waals surface area contributed by atoms with Crippen molar-refractivity contribution in [3.63, 3.8) is 0 Å². The van der Waals surface area contributed by atoms with E-state index in [1.54, 1.807) is 0 Å². The molecule has 1 unspecified atom stereocenters. The van der Waals surface area contributed by atoms with E-state index in [9.17, 15) is 4.79 Å². The molecule has 1 amide bonds.